The smallest absolute Gasteiger partial charge is 0.387 e. The second-order valence-electron chi connectivity index (χ2n) is 6.90. The zero-order chi connectivity index (χ0) is 22.2. The molecule has 0 bridgehead atoms. The minimum Gasteiger partial charge on any atom is -0.452 e. The SMILES string of the molecule is O=C(COC(=O)c1cccc(N2CCCC2=O)c1)NCCc1ccc(OC(F)F)cc1. The van der Waals surface area contributed by atoms with Crippen LogP contribution in [0.1, 0.15) is 28.8 Å². The maximum Gasteiger partial charge on any atom is 0.387 e. The maximum absolute atomic E-state index is 12.2. The Hall–Kier alpha value is -3.49. The van der Waals surface area contributed by atoms with Crippen LogP contribution < -0.4 is 15.0 Å². The van der Waals surface area contributed by atoms with Crippen molar-refractivity contribution in [3.63, 3.8) is 0 Å². The Morgan fingerprint density at radius 2 is 1.90 bits per heavy atom. The van der Waals surface area contributed by atoms with E-state index in [4.69, 9.17) is 4.74 Å². The van der Waals surface area contributed by atoms with Gasteiger partial charge in [0, 0.05) is 25.2 Å². The first-order chi connectivity index (χ1) is 14.9. The average molecular weight is 432 g/mol. The topological polar surface area (TPSA) is 84.9 Å². The van der Waals surface area contributed by atoms with Crippen molar-refractivity contribution in [2.45, 2.75) is 25.9 Å². The second kappa shape index (κ2) is 10.5. The van der Waals surface area contributed by atoms with E-state index in [1.807, 2.05) is 0 Å². The largest absolute Gasteiger partial charge is 0.452 e. The fraction of sp³-hybridized carbons (Fsp3) is 0.318. The van der Waals surface area contributed by atoms with Gasteiger partial charge in [0.05, 0.1) is 5.56 Å². The quantitative estimate of drug-likeness (QED) is 0.616. The molecule has 1 aliphatic rings. The van der Waals surface area contributed by atoms with Crippen LogP contribution in [-0.4, -0.2) is 44.1 Å². The minimum absolute atomic E-state index is 0.0149. The third-order valence-corrected chi connectivity index (χ3v) is 4.69. The third-order valence-electron chi connectivity index (χ3n) is 4.69. The van der Waals surface area contributed by atoms with Crippen LogP contribution in [-0.2, 0) is 20.7 Å². The molecule has 0 unspecified atom stereocenters. The molecule has 2 aromatic carbocycles. The molecule has 2 aromatic rings. The zero-order valence-electron chi connectivity index (χ0n) is 16.7. The monoisotopic (exact) mass is 432 g/mol. The minimum atomic E-state index is -2.88. The number of benzene rings is 2. The first-order valence-corrected chi connectivity index (χ1v) is 9.80. The van der Waals surface area contributed by atoms with E-state index < -0.39 is 25.1 Å². The lowest BCUT2D eigenvalue weighted by atomic mass is 10.1. The molecule has 1 heterocycles. The van der Waals surface area contributed by atoms with Gasteiger partial charge in [-0.2, -0.15) is 8.78 Å². The molecular weight excluding hydrogens is 410 g/mol. The van der Waals surface area contributed by atoms with Crippen molar-refractivity contribution in [2.24, 2.45) is 0 Å². The molecule has 3 rings (SSSR count). The maximum atomic E-state index is 12.2. The number of rotatable bonds is 9. The van der Waals surface area contributed by atoms with Gasteiger partial charge in [-0.25, -0.2) is 4.79 Å². The van der Waals surface area contributed by atoms with E-state index in [1.165, 1.54) is 12.1 Å². The van der Waals surface area contributed by atoms with Gasteiger partial charge in [-0.1, -0.05) is 18.2 Å². The summed E-state index contributed by atoms with van der Waals surface area (Å²) in [6.07, 6.45) is 1.74. The number of alkyl halides is 2. The molecule has 0 aliphatic carbocycles. The summed E-state index contributed by atoms with van der Waals surface area (Å²) in [6.45, 7) is -2.41. The number of esters is 1. The predicted molar refractivity (Wildman–Crippen MR) is 108 cm³/mol. The van der Waals surface area contributed by atoms with Crippen LogP contribution in [0, 0.1) is 0 Å². The van der Waals surface area contributed by atoms with E-state index >= 15 is 0 Å². The first-order valence-electron chi connectivity index (χ1n) is 9.80. The summed E-state index contributed by atoms with van der Waals surface area (Å²) in [7, 11) is 0. The molecule has 0 atom stereocenters. The molecular formula is C22H22F2N2O5. The summed E-state index contributed by atoms with van der Waals surface area (Å²) in [5.74, 6) is -1.04. The molecule has 0 saturated carbocycles. The summed E-state index contributed by atoms with van der Waals surface area (Å²) in [6, 6.07) is 12.7. The summed E-state index contributed by atoms with van der Waals surface area (Å²) in [4.78, 5) is 37.6. The number of anilines is 1. The van der Waals surface area contributed by atoms with Gasteiger partial charge in [0.15, 0.2) is 6.61 Å². The highest BCUT2D eigenvalue weighted by Gasteiger charge is 2.22. The summed E-state index contributed by atoms with van der Waals surface area (Å²) in [5.41, 5.74) is 1.72. The first kappa shape index (κ1) is 22.2. The van der Waals surface area contributed by atoms with Gasteiger partial charge in [-0.3, -0.25) is 9.59 Å². The van der Waals surface area contributed by atoms with Gasteiger partial charge in [0.1, 0.15) is 5.75 Å². The normalized spacial score (nSPS) is 13.4. The Labute approximate surface area is 177 Å². The van der Waals surface area contributed by atoms with Crippen LogP contribution in [0.2, 0.25) is 0 Å². The van der Waals surface area contributed by atoms with E-state index in [9.17, 15) is 23.2 Å². The molecule has 2 amide bonds. The number of ether oxygens (including phenoxy) is 2. The molecule has 0 spiro atoms. The van der Waals surface area contributed by atoms with E-state index in [0.717, 1.165) is 12.0 Å². The van der Waals surface area contributed by atoms with Crippen LogP contribution in [0.5, 0.6) is 5.75 Å². The Bertz CT molecular complexity index is 934. The highest BCUT2D eigenvalue weighted by atomic mass is 19.3. The van der Waals surface area contributed by atoms with Crippen molar-refractivity contribution < 1.29 is 32.6 Å². The Morgan fingerprint density at radius 3 is 2.58 bits per heavy atom. The molecule has 1 aliphatic heterocycles. The molecule has 0 aromatic heterocycles. The van der Waals surface area contributed by atoms with Crippen LogP contribution in [0.4, 0.5) is 14.5 Å². The third kappa shape index (κ3) is 6.50. The van der Waals surface area contributed by atoms with Crippen molar-refractivity contribution in [1.82, 2.24) is 5.32 Å². The van der Waals surface area contributed by atoms with E-state index in [-0.39, 0.29) is 23.8 Å². The summed E-state index contributed by atoms with van der Waals surface area (Å²) < 4.78 is 33.6. The van der Waals surface area contributed by atoms with Gasteiger partial charge in [0.25, 0.3) is 5.91 Å². The van der Waals surface area contributed by atoms with Crippen molar-refractivity contribution in [1.29, 1.82) is 0 Å². The van der Waals surface area contributed by atoms with Gasteiger partial charge < -0.3 is 19.7 Å². The molecule has 1 fully saturated rings. The van der Waals surface area contributed by atoms with E-state index in [0.29, 0.717) is 25.1 Å². The molecule has 7 nitrogen and oxygen atoms in total. The fourth-order valence-electron chi connectivity index (χ4n) is 3.17. The number of nitrogens with one attached hydrogen (secondary N) is 1. The lowest BCUT2D eigenvalue weighted by Gasteiger charge is -2.16. The van der Waals surface area contributed by atoms with Crippen molar-refractivity contribution in [2.75, 3.05) is 24.6 Å². The molecule has 1 saturated heterocycles. The van der Waals surface area contributed by atoms with Gasteiger partial charge in [0.2, 0.25) is 5.91 Å². The van der Waals surface area contributed by atoms with Crippen LogP contribution in [0.25, 0.3) is 0 Å². The molecule has 9 heteroatoms. The number of halogens is 2. The van der Waals surface area contributed by atoms with Crippen LogP contribution >= 0.6 is 0 Å². The zero-order valence-corrected chi connectivity index (χ0v) is 16.7. The number of amides is 2. The Morgan fingerprint density at radius 1 is 1.13 bits per heavy atom. The second-order valence-corrected chi connectivity index (χ2v) is 6.90. The predicted octanol–water partition coefficient (Wildman–Crippen LogP) is 2.93. The van der Waals surface area contributed by atoms with Crippen LogP contribution in [0.3, 0.4) is 0 Å². The standard InChI is InChI=1S/C22H22F2N2O5/c23-22(24)31-18-8-6-15(7-9-18)10-11-25-19(27)14-30-21(29)16-3-1-4-17(13-16)26-12-2-5-20(26)28/h1,3-4,6-9,13,22H,2,5,10-12,14H2,(H,25,27). The summed E-state index contributed by atoms with van der Waals surface area (Å²) >= 11 is 0. The number of nitrogens with zero attached hydrogens (tertiary/aromatic N) is 1. The lowest BCUT2D eigenvalue weighted by Crippen LogP contribution is -2.30. The number of hydrogen-bond donors (Lipinski definition) is 1. The van der Waals surface area contributed by atoms with Crippen molar-refractivity contribution in [3.05, 3.63) is 59.7 Å². The number of carbonyl (C=O) groups is 3. The van der Waals surface area contributed by atoms with E-state index in [1.54, 1.807) is 41.3 Å². The van der Waals surface area contributed by atoms with Gasteiger partial charge in [-0.05, 0) is 48.7 Å². The summed E-state index contributed by atoms with van der Waals surface area (Å²) in [5, 5.41) is 2.63. The van der Waals surface area contributed by atoms with Crippen molar-refractivity contribution in [3.8, 4) is 5.75 Å². The van der Waals surface area contributed by atoms with Gasteiger partial charge >= 0.3 is 12.6 Å². The molecule has 0 radical (unpaired) electrons. The molecule has 164 valence electrons. The highest BCUT2D eigenvalue weighted by Crippen LogP contribution is 2.22. The highest BCUT2D eigenvalue weighted by molar-refractivity contribution is 5.97. The molecule has 1 N–H and O–H groups in total. The van der Waals surface area contributed by atoms with Gasteiger partial charge in [-0.15, -0.1) is 0 Å². The van der Waals surface area contributed by atoms with Crippen molar-refractivity contribution >= 4 is 23.5 Å². The molecule has 31 heavy (non-hydrogen) atoms. The van der Waals surface area contributed by atoms with Crippen LogP contribution in [0.15, 0.2) is 48.5 Å². The fourth-order valence-corrected chi connectivity index (χ4v) is 3.17. The lowest BCUT2D eigenvalue weighted by molar-refractivity contribution is -0.124. The Kier molecular flexibility index (Phi) is 7.53. The number of hydrogen-bond acceptors (Lipinski definition) is 5. The van der Waals surface area contributed by atoms with E-state index in [2.05, 4.69) is 10.1 Å². The Balaban J connectivity index is 1.41. The number of carbonyl (C=O) groups excluding carboxylic acids is 3. The average Bonchev–Trinajstić information content (AvgIpc) is 3.19.